The van der Waals surface area contributed by atoms with E-state index in [1.165, 1.54) is 0 Å². The van der Waals surface area contributed by atoms with Gasteiger partial charge in [-0.1, -0.05) is 30.3 Å². The van der Waals surface area contributed by atoms with Gasteiger partial charge in [0.25, 0.3) is 5.56 Å². The number of aromatic nitrogens is 4. The lowest BCUT2D eigenvalue weighted by Gasteiger charge is -2.49. The van der Waals surface area contributed by atoms with Gasteiger partial charge in [-0.05, 0) is 18.9 Å². The first-order valence-electron chi connectivity index (χ1n) is 9.81. The molecule has 0 radical (unpaired) electrons. The molecule has 9 heteroatoms. The maximum absolute atomic E-state index is 13.1. The molecule has 0 unspecified atom stereocenters. The van der Waals surface area contributed by atoms with Gasteiger partial charge in [-0.15, -0.1) is 0 Å². The van der Waals surface area contributed by atoms with Gasteiger partial charge in [0.15, 0.2) is 0 Å². The zero-order valence-corrected chi connectivity index (χ0v) is 16.7. The Labute approximate surface area is 172 Å². The second kappa shape index (κ2) is 8.02. The number of hydrogen-bond donors (Lipinski definition) is 4. The molecule has 1 aliphatic heterocycles. The number of rotatable bonds is 7. The number of likely N-dealkylation sites (tertiary alicyclic amines) is 1. The Hall–Kier alpha value is -3.62. The zero-order chi connectivity index (χ0) is 21.1. The summed E-state index contributed by atoms with van der Waals surface area (Å²) in [6.07, 6.45) is 3.89. The van der Waals surface area contributed by atoms with Crippen molar-refractivity contribution in [2.24, 2.45) is 5.41 Å². The van der Waals surface area contributed by atoms with Crippen LogP contribution in [-0.2, 0) is 29.0 Å². The molecule has 1 aliphatic rings. The van der Waals surface area contributed by atoms with Gasteiger partial charge in [0.2, 0.25) is 11.8 Å². The fourth-order valence-corrected chi connectivity index (χ4v) is 3.88. The lowest BCUT2D eigenvalue weighted by molar-refractivity contribution is -0.153. The molecule has 2 aromatic heterocycles. The third kappa shape index (κ3) is 3.91. The predicted molar refractivity (Wildman–Crippen MR) is 109 cm³/mol. The summed E-state index contributed by atoms with van der Waals surface area (Å²) in [5.41, 5.74) is 1.13. The van der Waals surface area contributed by atoms with Crippen molar-refractivity contribution in [3.8, 4) is 0 Å². The first kappa shape index (κ1) is 19.7. The van der Waals surface area contributed by atoms with Crippen molar-refractivity contribution in [3.63, 3.8) is 0 Å². The van der Waals surface area contributed by atoms with Crippen LogP contribution in [0.5, 0.6) is 0 Å². The average Bonchev–Trinajstić information content (AvgIpc) is 3.34. The van der Waals surface area contributed by atoms with E-state index < -0.39 is 5.41 Å². The highest BCUT2D eigenvalue weighted by Gasteiger charge is 2.50. The molecule has 4 N–H and O–H groups in total. The number of aryl methyl sites for hydroxylation is 1. The SMILES string of the molecule is Cc1[nH][nH]c(=O)c1CC(=O)N1CC(Cc2ccccc2)(C(=O)NCc2ncc[nH]2)C1. The van der Waals surface area contributed by atoms with Crippen LogP contribution < -0.4 is 10.9 Å². The van der Waals surface area contributed by atoms with Gasteiger partial charge in [-0.25, -0.2) is 4.98 Å². The molecule has 0 atom stereocenters. The third-order valence-corrected chi connectivity index (χ3v) is 5.60. The van der Waals surface area contributed by atoms with Crippen LogP contribution in [0, 0.1) is 12.3 Å². The number of nitrogens with zero attached hydrogens (tertiary/aromatic N) is 2. The van der Waals surface area contributed by atoms with Crippen LogP contribution in [0.4, 0.5) is 0 Å². The third-order valence-electron chi connectivity index (χ3n) is 5.60. The number of aromatic amines is 3. The molecule has 0 aliphatic carbocycles. The van der Waals surface area contributed by atoms with Gasteiger partial charge in [-0.2, -0.15) is 0 Å². The number of nitrogens with one attached hydrogen (secondary N) is 4. The Kier molecular flexibility index (Phi) is 5.26. The van der Waals surface area contributed by atoms with Crippen LogP contribution >= 0.6 is 0 Å². The van der Waals surface area contributed by atoms with Crippen molar-refractivity contribution in [2.75, 3.05) is 13.1 Å². The van der Waals surface area contributed by atoms with Crippen LogP contribution in [0.15, 0.2) is 47.5 Å². The van der Waals surface area contributed by atoms with E-state index in [2.05, 4.69) is 25.5 Å². The number of benzene rings is 1. The van der Waals surface area contributed by atoms with Gasteiger partial charge in [0.1, 0.15) is 5.82 Å². The number of H-pyrrole nitrogens is 3. The normalized spacial score (nSPS) is 14.9. The number of hydrogen-bond acceptors (Lipinski definition) is 4. The monoisotopic (exact) mass is 408 g/mol. The number of amides is 2. The van der Waals surface area contributed by atoms with Crippen LogP contribution in [0.3, 0.4) is 0 Å². The minimum Gasteiger partial charge on any atom is -0.348 e. The predicted octanol–water partition coefficient (Wildman–Crippen LogP) is 0.665. The minimum atomic E-state index is -0.705. The summed E-state index contributed by atoms with van der Waals surface area (Å²) in [4.78, 5) is 46.4. The van der Waals surface area contributed by atoms with Crippen LogP contribution in [0.1, 0.15) is 22.6 Å². The highest BCUT2D eigenvalue weighted by Crippen LogP contribution is 2.35. The molecular formula is C21H24N6O3. The molecule has 2 amide bonds. The molecule has 0 spiro atoms. The first-order valence-corrected chi connectivity index (χ1v) is 9.81. The Bertz CT molecular complexity index is 1080. The quantitative estimate of drug-likeness (QED) is 0.458. The summed E-state index contributed by atoms with van der Waals surface area (Å²) >= 11 is 0. The summed E-state index contributed by atoms with van der Waals surface area (Å²) in [7, 11) is 0. The Morgan fingerprint density at radius 2 is 1.97 bits per heavy atom. The van der Waals surface area contributed by atoms with Crippen molar-refractivity contribution < 1.29 is 9.59 Å². The van der Waals surface area contributed by atoms with E-state index in [0.29, 0.717) is 43.1 Å². The van der Waals surface area contributed by atoms with Gasteiger partial charge >= 0.3 is 0 Å². The van der Waals surface area contributed by atoms with Crippen molar-refractivity contribution in [2.45, 2.75) is 26.3 Å². The van der Waals surface area contributed by atoms with E-state index in [0.717, 1.165) is 5.56 Å². The summed E-state index contributed by atoms with van der Waals surface area (Å²) < 4.78 is 0. The molecule has 30 heavy (non-hydrogen) atoms. The van der Waals surface area contributed by atoms with Gasteiger partial charge in [0.05, 0.1) is 18.4 Å². The highest BCUT2D eigenvalue weighted by atomic mass is 16.2. The molecule has 1 aromatic carbocycles. The van der Waals surface area contributed by atoms with E-state index in [-0.39, 0.29) is 23.8 Å². The highest BCUT2D eigenvalue weighted by molar-refractivity contribution is 5.88. The smallest absolute Gasteiger partial charge is 0.267 e. The van der Waals surface area contributed by atoms with Crippen molar-refractivity contribution in [1.82, 2.24) is 30.4 Å². The van der Waals surface area contributed by atoms with E-state index in [1.54, 1.807) is 24.2 Å². The molecule has 4 rings (SSSR count). The van der Waals surface area contributed by atoms with E-state index in [4.69, 9.17) is 0 Å². The number of carbonyl (C=O) groups excluding carboxylic acids is 2. The molecule has 156 valence electrons. The molecule has 3 aromatic rings. The van der Waals surface area contributed by atoms with E-state index >= 15 is 0 Å². The second-order valence-corrected chi connectivity index (χ2v) is 7.77. The van der Waals surface area contributed by atoms with Crippen molar-refractivity contribution in [1.29, 1.82) is 0 Å². The van der Waals surface area contributed by atoms with Crippen LogP contribution in [0.2, 0.25) is 0 Å². The average molecular weight is 408 g/mol. The molecule has 3 heterocycles. The number of imidazole rings is 1. The topological polar surface area (TPSA) is 127 Å². The van der Waals surface area contributed by atoms with Crippen molar-refractivity contribution >= 4 is 11.8 Å². The fraction of sp³-hybridized carbons (Fsp3) is 0.333. The second-order valence-electron chi connectivity index (χ2n) is 7.77. The minimum absolute atomic E-state index is 0.0140. The fourth-order valence-electron chi connectivity index (χ4n) is 3.88. The standard InChI is InChI=1S/C21H24N6O3/c1-14-16(19(29)26-25-14)9-18(28)27-12-21(13-27,10-15-5-3-2-4-6-15)20(30)24-11-17-22-7-8-23-17/h2-8H,9-13H2,1H3,(H,22,23)(H,24,30)(H2,25,26,29). The molecule has 1 fully saturated rings. The van der Waals surface area contributed by atoms with Gasteiger partial charge in [0, 0.05) is 36.7 Å². The van der Waals surface area contributed by atoms with E-state index in [9.17, 15) is 14.4 Å². The van der Waals surface area contributed by atoms with Crippen LogP contribution in [-0.4, -0.2) is 50.0 Å². The maximum atomic E-state index is 13.1. The van der Waals surface area contributed by atoms with Gasteiger partial charge in [-0.3, -0.25) is 19.5 Å². The lowest BCUT2D eigenvalue weighted by atomic mass is 9.73. The Morgan fingerprint density at radius 1 is 1.20 bits per heavy atom. The molecule has 9 nitrogen and oxygen atoms in total. The lowest BCUT2D eigenvalue weighted by Crippen LogP contribution is -2.65. The molecule has 0 bridgehead atoms. The Balaban J connectivity index is 1.46. The molecule has 1 saturated heterocycles. The zero-order valence-electron chi connectivity index (χ0n) is 16.7. The number of carbonyl (C=O) groups is 2. The molecule has 0 saturated carbocycles. The summed E-state index contributed by atoms with van der Waals surface area (Å²) in [6, 6.07) is 9.77. The van der Waals surface area contributed by atoms with Crippen LogP contribution in [0.25, 0.3) is 0 Å². The first-order chi connectivity index (χ1) is 14.5. The van der Waals surface area contributed by atoms with E-state index in [1.807, 2.05) is 30.3 Å². The largest absolute Gasteiger partial charge is 0.348 e. The Morgan fingerprint density at radius 3 is 2.60 bits per heavy atom. The summed E-state index contributed by atoms with van der Waals surface area (Å²) in [6.45, 7) is 2.67. The maximum Gasteiger partial charge on any atom is 0.267 e. The summed E-state index contributed by atoms with van der Waals surface area (Å²) in [5, 5.41) is 8.16. The summed E-state index contributed by atoms with van der Waals surface area (Å²) in [5.74, 6) is 0.404. The molecular weight excluding hydrogens is 384 g/mol. The van der Waals surface area contributed by atoms with Crippen molar-refractivity contribution in [3.05, 3.63) is 75.7 Å². The van der Waals surface area contributed by atoms with Gasteiger partial charge < -0.3 is 20.3 Å².